The smallest absolute Gasteiger partial charge is 0.465 e. The molecule has 8 heteroatoms. The first-order chi connectivity index (χ1) is 10.3. The van der Waals surface area contributed by atoms with Gasteiger partial charge in [-0.1, -0.05) is 17.7 Å². The van der Waals surface area contributed by atoms with E-state index in [-0.39, 0.29) is 36.5 Å². The summed E-state index contributed by atoms with van der Waals surface area (Å²) in [6.45, 7) is -0.191. The van der Waals surface area contributed by atoms with Crippen LogP contribution in [0.3, 0.4) is 0 Å². The lowest BCUT2D eigenvalue weighted by Gasteiger charge is -2.21. The van der Waals surface area contributed by atoms with Crippen LogP contribution in [0.5, 0.6) is 0 Å². The van der Waals surface area contributed by atoms with Gasteiger partial charge in [0.2, 0.25) is 0 Å². The van der Waals surface area contributed by atoms with Gasteiger partial charge in [-0.2, -0.15) is 13.2 Å². The minimum atomic E-state index is -4.90. The average molecular weight is 336 g/mol. The van der Waals surface area contributed by atoms with Gasteiger partial charge in [0.05, 0.1) is 17.7 Å². The first kappa shape index (κ1) is 16.6. The van der Waals surface area contributed by atoms with E-state index < -0.39 is 18.1 Å². The van der Waals surface area contributed by atoms with Crippen LogP contribution in [-0.2, 0) is 22.4 Å². The van der Waals surface area contributed by atoms with Crippen LogP contribution in [0.15, 0.2) is 12.1 Å². The van der Waals surface area contributed by atoms with E-state index in [1.165, 1.54) is 13.2 Å². The molecular formula is C14H13ClF3NO3. The highest BCUT2D eigenvalue weighted by atomic mass is 35.5. The molecule has 0 spiro atoms. The Morgan fingerprint density at radius 2 is 1.86 bits per heavy atom. The Labute approximate surface area is 129 Å². The zero-order valence-electron chi connectivity index (χ0n) is 11.7. The molecule has 0 atom stereocenters. The van der Waals surface area contributed by atoms with Gasteiger partial charge in [0.1, 0.15) is 0 Å². The number of alkyl halides is 3. The SMILES string of the molecule is COC(=O)c1c(Cl)ccc2c1CCN(C(=O)C(F)(F)F)CC2. The number of esters is 1. The topological polar surface area (TPSA) is 46.6 Å². The van der Waals surface area contributed by atoms with Gasteiger partial charge in [-0.05, 0) is 30.0 Å². The van der Waals surface area contributed by atoms with Gasteiger partial charge < -0.3 is 9.64 Å². The Bertz CT molecular complexity index is 616. The zero-order chi connectivity index (χ0) is 16.5. The van der Waals surface area contributed by atoms with Crippen molar-refractivity contribution in [3.05, 3.63) is 33.8 Å². The van der Waals surface area contributed by atoms with E-state index in [2.05, 4.69) is 4.74 Å². The number of fused-ring (bicyclic) bond motifs is 1. The predicted molar refractivity (Wildman–Crippen MR) is 72.8 cm³/mol. The molecule has 120 valence electrons. The number of hydrogen-bond acceptors (Lipinski definition) is 3. The Kier molecular flexibility index (Phi) is 4.65. The van der Waals surface area contributed by atoms with Crippen molar-refractivity contribution < 1.29 is 27.5 Å². The van der Waals surface area contributed by atoms with E-state index in [0.717, 1.165) is 4.90 Å². The molecule has 0 bridgehead atoms. The number of ether oxygens (including phenoxy) is 1. The monoisotopic (exact) mass is 335 g/mol. The summed E-state index contributed by atoms with van der Waals surface area (Å²) in [4.78, 5) is 23.9. The Morgan fingerprint density at radius 3 is 2.45 bits per heavy atom. The number of nitrogens with zero attached hydrogens (tertiary/aromatic N) is 1. The molecule has 0 unspecified atom stereocenters. The zero-order valence-corrected chi connectivity index (χ0v) is 12.4. The normalized spacial score (nSPS) is 15.0. The third kappa shape index (κ3) is 3.19. The first-order valence-electron chi connectivity index (χ1n) is 6.50. The molecule has 22 heavy (non-hydrogen) atoms. The minimum Gasteiger partial charge on any atom is -0.465 e. The molecule has 1 aliphatic rings. The summed E-state index contributed by atoms with van der Waals surface area (Å²) >= 11 is 6.00. The molecule has 0 saturated carbocycles. The number of hydrogen-bond donors (Lipinski definition) is 0. The Hall–Kier alpha value is -1.76. The van der Waals surface area contributed by atoms with Crippen LogP contribution in [0.1, 0.15) is 21.5 Å². The van der Waals surface area contributed by atoms with Crippen LogP contribution >= 0.6 is 11.6 Å². The summed E-state index contributed by atoms with van der Waals surface area (Å²) < 4.78 is 42.3. The van der Waals surface area contributed by atoms with Crippen LogP contribution < -0.4 is 0 Å². The maximum absolute atomic E-state index is 12.5. The molecule has 1 heterocycles. The second-order valence-electron chi connectivity index (χ2n) is 4.84. The average Bonchev–Trinajstić information content (AvgIpc) is 2.67. The van der Waals surface area contributed by atoms with E-state index >= 15 is 0 Å². The molecule has 4 nitrogen and oxygen atoms in total. The van der Waals surface area contributed by atoms with Crippen molar-refractivity contribution in [2.24, 2.45) is 0 Å². The molecular weight excluding hydrogens is 323 g/mol. The molecule has 1 aromatic carbocycles. The van der Waals surface area contributed by atoms with Gasteiger partial charge in [-0.3, -0.25) is 4.79 Å². The summed E-state index contributed by atoms with van der Waals surface area (Å²) in [6.07, 6.45) is -4.57. The van der Waals surface area contributed by atoms with Crippen molar-refractivity contribution >= 4 is 23.5 Å². The van der Waals surface area contributed by atoms with Crippen LogP contribution in [0.25, 0.3) is 0 Å². The van der Waals surface area contributed by atoms with Gasteiger partial charge >= 0.3 is 18.1 Å². The van der Waals surface area contributed by atoms with Crippen molar-refractivity contribution in [2.75, 3.05) is 20.2 Å². The summed E-state index contributed by atoms with van der Waals surface area (Å²) in [5.74, 6) is -2.51. The van der Waals surface area contributed by atoms with E-state index in [4.69, 9.17) is 11.6 Å². The predicted octanol–water partition coefficient (Wildman–Crippen LogP) is 2.62. The number of amides is 1. The highest BCUT2D eigenvalue weighted by Gasteiger charge is 2.42. The van der Waals surface area contributed by atoms with Crippen molar-refractivity contribution in [1.82, 2.24) is 4.90 Å². The van der Waals surface area contributed by atoms with E-state index in [1.54, 1.807) is 6.07 Å². The molecule has 0 aliphatic carbocycles. The number of rotatable bonds is 1. The molecule has 0 radical (unpaired) electrons. The highest BCUT2D eigenvalue weighted by molar-refractivity contribution is 6.33. The van der Waals surface area contributed by atoms with Crippen molar-refractivity contribution in [3.63, 3.8) is 0 Å². The standard InChI is InChI=1S/C14H13ClF3NO3/c1-22-12(20)11-9-5-7-19(13(21)14(16,17)18)6-4-8(9)2-3-10(11)15/h2-3H,4-7H2,1H3. The number of carbonyl (C=O) groups excluding carboxylic acids is 2. The number of carbonyl (C=O) groups is 2. The van der Waals surface area contributed by atoms with E-state index in [1.807, 2.05) is 0 Å². The van der Waals surface area contributed by atoms with Crippen molar-refractivity contribution in [2.45, 2.75) is 19.0 Å². The van der Waals surface area contributed by atoms with Gasteiger partial charge in [0, 0.05) is 13.1 Å². The van der Waals surface area contributed by atoms with Crippen molar-refractivity contribution in [3.8, 4) is 0 Å². The fourth-order valence-electron chi connectivity index (χ4n) is 2.50. The van der Waals surface area contributed by atoms with Gasteiger partial charge in [0.25, 0.3) is 0 Å². The highest BCUT2D eigenvalue weighted by Crippen LogP contribution is 2.28. The lowest BCUT2D eigenvalue weighted by molar-refractivity contribution is -0.185. The second-order valence-corrected chi connectivity index (χ2v) is 5.25. The molecule has 0 aromatic heterocycles. The number of benzene rings is 1. The largest absolute Gasteiger partial charge is 0.471 e. The quantitative estimate of drug-likeness (QED) is 0.741. The first-order valence-corrected chi connectivity index (χ1v) is 6.88. The Balaban J connectivity index is 2.33. The molecule has 2 rings (SSSR count). The van der Waals surface area contributed by atoms with Crippen LogP contribution in [-0.4, -0.2) is 43.2 Å². The Morgan fingerprint density at radius 1 is 1.23 bits per heavy atom. The van der Waals surface area contributed by atoms with Gasteiger partial charge in [-0.25, -0.2) is 4.79 Å². The summed E-state index contributed by atoms with van der Waals surface area (Å²) in [5.41, 5.74) is 1.39. The van der Waals surface area contributed by atoms with Gasteiger partial charge in [0.15, 0.2) is 0 Å². The fourth-order valence-corrected chi connectivity index (χ4v) is 2.76. The van der Waals surface area contributed by atoms with Crippen LogP contribution in [0.4, 0.5) is 13.2 Å². The van der Waals surface area contributed by atoms with E-state index in [0.29, 0.717) is 11.1 Å². The summed E-state index contributed by atoms with van der Waals surface area (Å²) in [5, 5.41) is 0.182. The fraction of sp³-hybridized carbons (Fsp3) is 0.429. The number of methoxy groups -OCH3 is 1. The third-order valence-electron chi connectivity index (χ3n) is 3.56. The van der Waals surface area contributed by atoms with Crippen molar-refractivity contribution in [1.29, 1.82) is 0 Å². The second kappa shape index (κ2) is 6.16. The third-order valence-corrected chi connectivity index (χ3v) is 3.88. The maximum Gasteiger partial charge on any atom is 0.471 e. The molecule has 1 aromatic rings. The summed E-state index contributed by atoms with van der Waals surface area (Å²) in [6, 6.07) is 3.17. The molecule has 1 aliphatic heterocycles. The molecule has 1 amide bonds. The van der Waals surface area contributed by atoms with Crippen LogP contribution in [0, 0.1) is 0 Å². The minimum absolute atomic E-state index is 0.0619. The molecule has 0 N–H and O–H groups in total. The van der Waals surface area contributed by atoms with E-state index in [9.17, 15) is 22.8 Å². The summed E-state index contributed by atoms with van der Waals surface area (Å²) in [7, 11) is 1.20. The molecule has 0 fully saturated rings. The lowest BCUT2D eigenvalue weighted by atomic mass is 9.97. The van der Waals surface area contributed by atoms with Crippen LogP contribution in [0.2, 0.25) is 5.02 Å². The number of halogens is 4. The lowest BCUT2D eigenvalue weighted by Crippen LogP contribution is -2.42. The maximum atomic E-state index is 12.5. The van der Waals surface area contributed by atoms with Gasteiger partial charge in [-0.15, -0.1) is 0 Å². The molecule has 0 saturated heterocycles.